The maximum Gasteiger partial charge on any atom is 0.259 e. The van der Waals surface area contributed by atoms with Gasteiger partial charge in [-0.2, -0.15) is 5.10 Å². The van der Waals surface area contributed by atoms with Crippen molar-refractivity contribution in [3.05, 3.63) is 34.2 Å². The van der Waals surface area contributed by atoms with Crippen molar-refractivity contribution >= 4 is 33.3 Å². The van der Waals surface area contributed by atoms with Gasteiger partial charge < -0.3 is 10.6 Å². The lowest BCUT2D eigenvalue weighted by molar-refractivity contribution is 0.102. The Bertz CT molecular complexity index is 623. The van der Waals surface area contributed by atoms with Crippen LogP contribution in [0.2, 0.25) is 0 Å². The summed E-state index contributed by atoms with van der Waals surface area (Å²) >= 11 is 3.31. The summed E-state index contributed by atoms with van der Waals surface area (Å²) in [6.07, 6.45) is 3.40. The van der Waals surface area contributed by atoms with Crippen LogP contribution < -0.4 is 10.6 Å². The number of hydrogen-bond donors (Lipinski definition) is 2. The molecule has 19 heavy (non-hydrogen) atoms. The van der Waals surface area contributed by atoms with Gasteiger partial charge in [-0.25, -0.2) is 4.98 Å². The van der Waals surface area contributed by atoms with Crippen LogP contribution in [0.15, 0.2) is 22.9 Å². The van der Waals surface area contributed by atoms with Gasteiger partial charge in [0.05, 0.1) is 16.9 Å². The fourth-order valence-electron chi connectivity index (χ4n) is 1.72. The zero-order chi connectivity index (χ0) is 14.0. The van der Waals surface area contributed by atoms with Crippen LogP contribution in [-0.2, 0) is 7.05 Å². The highest BCUT2D eigenvalue weighted by molar-refractivity contribution is 9.10. The molecule has 0 aliphatic carbocycles. The minimum atomic E-state index is -0.228. The van der Waals surface area contributed by atoms with Crippen molar-refractivity contribution in [1.82, 2.24) is 14.8 Å². The van der Waals surface area contributed by atoms with E-state index in [1.807, 2.05) is 14.0 Å². The molecule has 2 N–H and O–H groups in total. The second-order valence-corrected chi connectivity index (χ2v) is 4.97. The molecule has 0 unspecified atom stereocenters. The fraction of sp³-hybridized carbons (Fsp3) is 0.250. The first-order valence-electron chi connectivity index (χ1n) is 5.66. The molecule has 0 aliphatic heterocycles. The van der Waals surface area contributed by atoms with E-state index in [0.29, 0.717) is 17.1 Å². The van der Waals surface area contributed by atoms with E-state index in [0.717, 1.165) is 10.2 Å². The quantitative estimate of drug-likeness (QED) is 0.908. The molecule has 0 atom stereocenters. The van der Waals surface area contributed by atoms with E-state index < -0.39 is 0 Å². The summed E-state index contributed by atoms with van der Waals surface area (Å²) in [5.41, 5.74) is 1.93. The van der Waals surface area contributed by atoms with Crippen molar-refractivity contribution in [2.75, 3.05) is 17.7 Å². The van der Waals surface area contributed by atoms with Crippen LogP contribution in [0, 0.1) is 6.92 Å². The maximum absolute atomic E-state index is 12.3. The molecule has 0 fully saturated rings. The number of hydrogen-bond acceptors (Lipinski definition) is 4. The largest absolute Gasteiger partial charge is 0.372 e. The van der Waals surface area contributed by atoms with Gasteiger partial charge in [-0.05, 0) is 28.9 Å². The van der Waals surface area contributed by atoms with Gasteiger partial charge in [0, 0.05) is 31.0 Å². The minimum Gasteiger partial charge on any atom is -0.372 e. The van der Waals surface area contributed by atoms with Crippen LogP contribution in [0.25, 0.3) is 0 Å². The summed E-state index contributed by atoms with van der Waals surface area (Å²) in [6.45, 7) is 1.84. The van der Waals surface area contributed by atoms with Crippen molar-refractivity contribution in [3.63, 3.8) is 0 Å². The normalized spacial score (nSPS) is 10.3. The molecule has 2 aromatic rings. The molecule has 0 aromatic carbocycles. The second kappa shape index (κ2) is 5.40. The zero-order valence-electron chi connectivity index (χ0n) is 10.9. The highest BCUT2D eigenvalue weighted by Gasteiger charge is 2.15. The molecule has 6 nitrogen and oxygen atoms in total. The summed E-state index contributed by atoms with van der Waals surface area (Å²) in [4.78, 5) is 16.4. The number of rotatable bonds is 3. The first-order chi connectivity index (χ1) is 9.01. The molecule has 1 amide bonds. The average molecular weight is 324 g/mol. The number of pyridine rings is 1. The van der Waals surface area contributed by atoms with Crippen molar-refractivity contribution < 1.29 is 4.79 Å². The third kappa shape index (κ3) is 2.93. The van der Waals surface area contributed by atoms with Crippen molar-refractivity contribution in [1.29, 1.82) is 0 Å². The third-order valence-electron chi connectivity index (χ3n) is 2.60. The number of carbonyl (C=O) groups is 1. The Balaban J connectivity index is 2.29. The summed E-state index contributed by atoms with van der Waals surface area (Å²) in [5, 5.41) is 9.90. The molecule has 0 bridgehead atoms. The predicted octanol–water partition coefficient (Wildman–Crippen LogP) is 2.18. The Morgan fingerprint density at radius 2 is 2.21 bits per heavy atom. The second-order valence-electron chi connectivity index (χ2n) is 4.06. The first kappa shape index (κ1) is 13.5. The van der Waals surface area contributed by atoms with Crippen LogP contribution in [0.3, 0.4) is 0 Å². The Morgan fingerprint density at radius 1 is 1.47 bits per heavy atom. The SMILES string of the molecule is CNc1ncc(Br)cc1C(=O)Nc1cn(C)nc1C. The van der Waals surface area contributed by atoms with Gasteiger partial charge >= 0.3 is 0 Å². The molecule has 0 saturated carbocycles. The van der Waals surface area contributed by atoms with Crippen LogP contribution in [0.1, 0.15) is 16.1 Å². The Kier molecular flexibility index (Phi) is 3.84. The van der Waals surface area contributed by atoms with Gasteiger partial charge in [0.25, 0.3) is 5.91 Å². The molecule has 0 saturated heterocycles. The Morgan fingerprint density at radius 3 is 2.79 bits per heavy atom. The molecule has 0 aliphatic rings. The lowest BCUT2D eigenvalue weighted by Gasteiger charge is -2.08. The van der Waals surface area contributed by atoms with Crippen LogP contribution in [0.4, 0.5) is 11.5 Å². The van der Waals surface area contributed by atoms with Crippen LogP contribution in [0.5, 0.6) is 0 Å². The van der Waals surface area contributed by atoms with E-state index in [1.54, 1.807) is 30.2 Å². The number of nitrogens with zero attached hydrogens (tertiary/aromatic N) is 3. The summed E-state index contributed by atoms with van der Waals surface area (Å²) in [6, 6.07) is 1.72. The third-order valence-corrected chi connectivity index (χ3v) is 3.03. The molecule has 100 valence electrons. The van der Waals surface area contributed by atoms with E-state index in [9.17, 15) is 4.79 Å². The van der Waals surface area contributed by atoms with E-state index in [2.05, 4.69) is 36.6 Å². The van der Waals surface area contributed by atoms with Crippen LogP contribution >= 0.6 is 15.9 Å². The number of aryl methyl sites for hydroxylation is 2. The van der Waals surface area contributed by atoms with Crippen molar-refractivity contribution in [3.8, 4) is 0 Å². The number of carbonyl (C=O) groups excluding carboxylic acids is 1. The van der Waals surface area contributed by atoms with Gasteiger partial charge in [-0.3, -0.25) is 9.48 Å². The van der Waals surface area contributed by atoms with Gasteiger partial charge in [0.15, 0.2) is 0 Å². The van der Waals surface area contributed by atoms with Gasteiger partial charge in [-0.15, -0.1) is 0 Å². The molecular formula is C12H14BrN5O. The fourth-order valence-corrected chi connectivity index (χ4v) is 2.05. The van der Waals surface area contributed by atoms with Gasteiger partial charge in [0.2, 0.25) is 0 Å². The average Bonchev–Trinajstić information content (AvgIpc) is 2.67. The zero-order valence-corrected chi connectivity index (χ0v) is 12.4. The summed E-state index contributed by atoms with van der Waals surface area (Å²) < 4.78 is 2.41. The number of amides is 1. The maximum atomic E-state index is 12.3. The standard InChI is InChI=1S/C12H14BrN5O/c1-7-10(6-18(3)17-7)16-12(19)9-4-8(13)5-15-11(9)14-2/h4-6H,1-3H3,(H,14,15)(H,16,19). The highest BCUT2D eigenvalue weighted by Crippen LogP contribution is 2.20. The van der Waals surface area contributed by atoms with E-state index in [4.69, 9.17) is 0 Å². The predicted molar refractivity (Wildman–Crippen MR) is 77.4 cm³/mol. The monoisotopic (exact) mass is 323 g/mol. The molecule has 2 rings (SSSR count). The summed E-state index contributed by atoms with van der Waals surface area (Å²) in [5.74, 6) is 0.302. The number of anilines is 2. The number of halogens is 1. The Labute approximate surface area is 119 Å². The molecule has 0 radical (unpaired) electrons. The van der Waals surface area contributed by atoms with E-state index >= 15 is 0 Å². The molecule has 7 heteroatoms. The molecule has 2 heterocycles. The lowest BCUT2D eigenvalue weighted by Crippen LogP contribution is -2.15. The molecular weight excluding hydrogens is 310 g/mol. The molecule has 0 spiro atoms. The van der Waals surface area contributed by atoms with Crippen molar-refractivity contribution in [2.45, 2.75) is 6.92 Å². The topological polar surface area (TPSA) is 71.8 Å². The smallest absolute Gasteiger partial charge is 0.259 e. The van der Waals surface area contributed by atoms with Crippen LogP contribution in [-0.4, -0.2) is 27.7 Å². The van der Waals surface area contributed by atoms with E-state index in [-0.39, 0.29) is 5.91 Å². The lowest BCUT2D eigenvalue weighted by atomic mass is 10.2. The van der Waals surface area contributed by atoms with Crippen molar-refractivity contribution in [2.24, 2.45) is 7.05 Å². The van der Waals surface area contributed by atoms with Gasteiger partial charge in [-0.1, -0.05) is 0 Å². The Hall–Kier alpha value is -1.89. The highest BCUT2D eigenvalue weighted by atomic mass is 79.9. The summed E-state index contributed by atoms with van der Waals surface area (Å²) in [7, 11) is 3.53. The number of nitrogens with one attached hydrogen (secondary N) is 2. The van der Waals surface area contributed by atoms with E-state index in [1.165, 1.54) is 0 Å². The minimum absolute atomic E-state index is 0.228. The first-order valence-corrected chi connectivity index (χ1v) is 6.45. The van der Waals surface area contributed by atoms with Gasteiger partial charge in [0.1, 0.15) is 5.82 Å². The molecule has 2 aromatic heterocycles. The number of aromatic nitrogens is 3.